The molecule has 1 atom stereocenters. The third-order valence-corrected chi connectivity index (χ3v) is 2.79. The summed E-state index contributed by atoms with van der Waals surface area (Å²) in [7, 11) is 0. The van der Waals surface area contributed by atoms with Gasteiger partial charge in [-0.15, -0.1) is 0 Å². The highest BCUT2D eigenvalue weighted by atomic mass is 16.3. The first-order valence-corrected chi connectivity index (χ1v) is 5.29. The van der Waals surface area contributed by atoms with E-state index < -0.39 is 11.5 Å². The summed E-state index contributed by atoms with van der Waals surface area (Å²) in [6, 6.07) is 7.30. The summed E-state index contributed by atoms with van der Waals surface area (Å²) in [6.07, 6.45) is 0. The van der Waals surface area contributed by atoms with Crippen molar-refractivity contribution in [3.8, 4) is 0 Å². The van der Waals surface area contributed by atoms with Crippen molar-refractivity contribution in [3.05, 3.63) is 35.4 Å². The number of primary amides is 1. The van der Waals surface area contributed by atoms with Crippen LogP contribution in [0.3, 0.4) is 0 Å². The van der Waals surface area contributed by atoms with Crippen molar-refractivity contribution >= 4 is 5.91 Å². The molecule has 0 aromatic heterocycles. The van der Waals surface area contributed by atoms with Gasteiger partial charge in [0, 0.05) is 0 Å². The van der Waals surface area contributed by atoms with E-state index in [1.54, 1.807) is 12.1 Å². The van der Waals surface area contributed by atoms with E-state index in [9.17, 15) is 9.90 Å². The smallest absolute Gasteiger partial charge is 0.253 e. The molecule has 0 radical (unpaired) electrons. The van der Waals surface area contributed by atoms with Crippen LogP contribution in [0.2, 0.25) is 0 Å². The van der Waals surface area contributed by atoms with Crippen LogP contribution in [-0.2, 0) is 15.8 Å². The third kappa shape index (κ3) is 2.42. The molecular formula is C13H19NO2. The number of hydrogen-bond donors (Lipinski definition) is 2. The fourth-order valence-electron chi connectivity index (χ4n) is 1.44. The van der Waals surface area contributed by atoms with Crippen molar-refractivity contribution in [1.82, 2.24) is 0 Å². The molecule has 0 saturated heterocycles. The van der Waals surface area contributed by atoms with Crippen molar-refractivity contribution in [3.63, 3.8) is 0 Å². The molecule has 0 saturated carbocycles. The highest BCUT2D eigenvalue weighted by Crippen LogP contribution is 2.26. The van der Waals surface area contributed by atoms with Gasteiger partial charge in [0.05, 0.1) is 0 Å². The molecule has 16 heavy (non-hydrogen) atoms. The predicted molar refractivity (Wildman–Crippen MR) is 63.9 cm³/mol. The molecule has 88 valence electrons. The van der Waals surface area contributed by atoms with E-state index in [1.807, 2.05) is 12.1 Å². The molecule has 1 unspecified atom stereocenters. The van der Waals surface area contributed by atoms with Gasteiger partial charge in [-0.05, 0) is 23.5 Å². The number of carbonyl (C=O) groups excluding carboxylic acids is 1. The number of aliphatic hydroxyl groups is 1. The lowest BCUT2D eigenvalue weighted by atomic mass is 9.85. The van der Waals surface area contributed by atoms with Crippen molar-refractivity contribution < 1.29 is 9.90 Å². The van der Waals surface area contributed by atoms with Crippen LogP contribution in [0.1, 0.15) is 38.8 Å². The SMILES string of the molecule is CC(C)(C)c1ccc(C(C)(O)C(N)=O)cc1. The van der Waals surface area contributed by atoms with Crippen LogP contribution < -0.4 is 5.73 Å². The Hall–Kier alpha value is -1.35. The van der Waals surface area contributed by atoms with E-state index in [0.29, 0.717) is 5.56 Å². The molecule has 1 amide bonds. The topological polar surface area (TPSA) is 63.3 Å². The van der Waals surface area contributed by atoms with Gasteiger partial charge in [-0.25, -0.2) is 0 Å². The van der Waals surface area contributed by atoms with Crippen molar-refractivity contribution in [2.45, 2.75) is 38.7 Å². The fraction of sp³-hybridized carbons (Fsp3) is 0.462. The van der Waals surface area contributed by atoms with Crippen molar-refractivity contribution in [2.24, 2.45) is 5.73 Å². The van der Waals surface area contributed by atoms with Crippen LogP contribution >= 0.6 is 0 Å². The highest BCUT2D eigenvalue weighted by molar-refractivity contribution is 5.84. The zero-order valence-electron chi connectivity index (χ0n) is 10.2. The van der Waals surface area contributed by atoms with Gasteiger partial charge in [-0.3, -0.25) is 4.79 Å². The largest absolute Gasteiger partial charge is 0.376 e. The lowest BCUT2D eigenvalue weighted by Crippen LogP contribution is -2.38. The molecule has 1 aromatic rings. The van der Waals surface area contributed by atoms with Crippen LogP contribution in [0.25, 0.3) is 0 Å². The Bertz CT molecular complexity index is 385. The predicted octanol–water partition coefficient (Wildman–Crippen LogP) is 1.68. The highest BCUT2D eigenvalue weighted by Gasteiger charge is 2.30. The Morgan fingerprint density at radius 2 is 1.44 bits per heavy atom. The number of benzene rings is 1. The Labute approximate surface area is 96.3 Å². The van der Waals surface area contributed by atoms with E-state index in [0.717, 1.165) is 5.56 Å². The molecular weight excluding hydrogens is 202 g/mol. The normalized spacial score (nSPS) is 15.6. The molecule has 0 fully saturated rings. The molecule has 0 aliphatic carbocycles. The van der Waals surface area contributed by atoms with Crippen LogP contribution in [-0.4, -0.2) is 11.0 Å². The van der Waals surface area contributed by atoms with Gasteiger partial charge in [0.15, 0.2) is 5.60 Å². The summed E-state index contributed by atoms with van der Waals surface area (Å²) in [5.74, 6) is -0.740. The Balaban J connectivity index is 3.09. The molecule has 3 heteroatoms. The molecule has 0 spiro atoms. The molecule has 0 bridgehead atoms. The van der Waals surface area contributed by atoms with Gasteiger partial charge in [-0.2, -0.15) is 0 Å². The third-order valence-electron chi connectivity index (χ3n) is 2.79. The monoisotopic (exact) mass is 221 g/mol. The molecule has 3 N–H and O–H groups in total. The van der Waals surface area contributed by atoms with Gasteiger partial charge in [0.1, 0.15) is 0 Å². The van der Waals surface area contributed by atoms with E-state index in [2.05, 4.69) is 20.8 Å². The first kappa shape index (κ1) is 12.7. The van der Waals surface area contributed by atoms with Gasteiger partial charge < -0.3 is 10.8 Å². The van der Waals surface area contributed by atoms with Crippen LogP contribution in [0, 0.1) is 0 Å². The molecule has 0 aliphatic heterocycles. The second-order valence-corrected chi connectivity index (χ2v) is 5.26. The van der Waals surface area contributed by atoms with E-state index in [4.69, 9.17) is 5.73 Å². The summed E-state index contributed by atoms with van der Waals surface area (Å²) in [5, 5.41) is 9.88. The number of carbonyl (C=O) groups is 1. The molecule has 1 aromatic carbocycles. The van der Waals surface area contributed by atoms with Crippen molar-refractivity contribution in [2.75, 3.05) is 0 Å². The summed E-state index contributed by atoms with van der Waals surface area (Å²) in [4.78, 5) is 11.1. The standard InChI is InChI=1S/C13H19NO2/c1-12(2,3)9-5-7-10(8-6-9)13(4,16)11(14)15/h5-8,16H,1-4H3,(H2,14,15). The first-order chi connectivity index (χ1) is 7.15. The number of rotatable bonds is 2. The lowest BCUT2D eigenvalue weighted by molar-refractivity contribution is -0.135. The van der Waals surface area contributed by atoms with Gasteiger partial charge in [0.25, 0.3) is 5.91 Å². The first-order valence-electron chi connectivity index (χ1n) is 5.29. The maximum atomic E-state index is 11.1. The minimum Gasteiger partial charge on any atom is -0.376 e. The second kappa shape index (κ2) is 3.91. The molecule has 0 heterocycles. The minimum absolute atomic E-state index is 0.0527. The molecule has 1 rings (SSSR count). The van der Waals surface area contributed by atoms with E-state index >= 15 is 0 Å². The average Bonchev–Trinajstić information content (AvgIpc) is 2.16. The Kier molecular flexibility index (Phi) is 3.10. The Morgan fingerprint density at radius 3 is 1.75 bits per heavy atom. The van der Waals surface area contributed by atoms with Gasteiger partial charge in [-0.1, -0.05) is 45.0 Å². The van der Waals surface area contributed by atoms with E-state index in [-0.39, 0.29) is 5.41 Å². The van der Waals surface area contributed by atoms with Gasteiger partial charge >= 0.3 is 0 Å². The number of nitrogens with two attached hydrogens (primary N) is 1. The molecule has 0 aliphatic rings. The average molecular weight is 221 g/mol. The van der Waals surface area contributed by atoms with Crippen LogP contribution in [0.4, 0.5) is 0 Å². The maximum absolute atomic E-state index is 11.1. The lowest BCUT2D eigenvalue weighted by Gasteiger charge is -2.23. The summed E-state index contributed by atoms with van der Waals surface area (Å²) in [5.41, 5.74) is 5.26. The zero-order chi connectivity index (χ0) is 12.6. The summed E-state index contributed by atoms with van der Waals surface area (Å²) < 4.78 is 0. The minimum atomic E-state index is -1.60. The second-order valence-electron chi connectivity index (χ2n) is 5.26. The Morgan fingerprint density at radius 1 is 1.06 bits per heavy atom. The number of hydrogen-bond acceptors (Lipinski definition) is 2. The number of amides is 1. The van der Waals surface area contributed by atoms with Crippen LogP contribution in [0.5, 0.6) is 0 Å². The van der Waals surface area contributed by atoms with Crippen molar-refractivity contribution in [1.29, 1.82) is 0 Å². The van der Waals surface area contributed by atoms with Gasteiger partial charge in [0.2, 0.25) is 0 Å². The fourth-order valence-corrected chi connectivity index (χ4v) is 1.44. The maximum Gasteiger partial charge on any atom is 0.253 e. The van der Waals surface area contributed by atoms with Crippen LogP contribution in [0.15, 0.2) is 24.3 Å². The molecule has 3 nitrogen and oxygen atoms in total. The summed E-state index contributed by atoms with van der Waals surface area (Å²) >= 11 is 0. The zero-order valence-corrected chi connectivity index (χ0v) is 10.2. The summed E-state index contributed by atoms with van der Waals surface area (Å²) in [6.45, 7) is 7.72. The van der Waals surface area contributed by atoms with E-state index in [1.165, 1.54) is 6.92 Å². The quantitative estimate of drug-likeness (QED) is 0.798.